The maximum Gasteiger partial charge on any atom is 0.333 e. The van der Waals surface area contributed by atoms with Crippen LogP contribution in [0.5, 0.6) is 11.8 Å². The molecule has 0 bridgehead atoms. The Balaban J connectivity index is 1.91. The standard InChI is InChI=1S/C10H13NO5/c12-8-1-2-9(13)11(8)16-10(14)5-7-3-4-15-6-7/h1-2,7,12-13H,3-6H2/t7-/m0/s1. The van der Waals surface area contributed by atoms with Gasteiger partial charge in [-0.1, -0.05) is 0 Å². The van der Waals surface area contributed by atoms with Gasteiger partial charge in [0.1, 0.15) is 0 Å². The normalized spacial score (nSPS) is 19.9. The fraction of sp³-hybridized carbons (Fsp3) is 0.500. The van der Waals surface area contributed by atoms with Crippen LogP contribution >= 0.6 is 0 Å². The van der Waals surface area contributed by atoms with Gasteiger partial charge in [-0.2, -0.15) is 0 Å². The van der Waals surface area contributed by atoms with Gasteiger partial charge in [-0.15, -0.1) is 4.73 Å². The van der Waals surface area contributed by atoms with Crippen LogP contribution in [-0.4, -0.2) is 34.1 Å². The van der Waals surface area contributed by atoms with Crippen LogP contribution in [0.15, 0.2) is 12.1 Å². The molecule has 2 N–H and O–H groups in total. The van der Waals surface area contributed by atoms with Crippen molar-refractivity contribution in [1.82, 2.24) is 4.73 Å². The summed E-state index contributed by atoms with van der Waals surface area (Å²) >= 11 is 0. The molecule has 1 saturated heterocycles. The van der Waals surface area contributed by atoms with E-state index in [1.807, 2.05) is 0 Å². The predicted octanol–water partition coefficient (Wildman–Crippen LogP) is 0.281. The molecule has 2 rings (SSSR count). The second-order valence-electron chi connectivity index (χ2n) is 3.74. The molecule has 0 aliphatic carbocycles. The zero-order valence-electron chi connectivity index (χ0n) is 8.63. The fourth-order valence-corrected chi connectivity index (χ4v) is 1.61. The Hall–Kier alpha value is -1.69. The Morgan fingerprint density at radius 2 is 2.19 bits per heavy atom. The molecule has 0 saturated carbocycles. The average Bonchev–Trinajstić information content (AvgIpc) is 2.83. The first-order chi connectivity index (χ1) is 7.66. The van der Waals surface area contributed by atoms with Gasteiger partial charge in [-0.3, -0.25) is 0 Å². The molecule has 1 aliphatic heterocycles. The summed E-state index contributed by atoms with van der Waals surface area (Å²) in [4.78, 5) is 16.3. The third-order valence-electron chi connectivity index (χ3n) is 2.47. The summed E-state index contributed by atoms with van der Waals surface area (Å²) in [6.07, 6.45) is 1.05. The summed E-state index contributed by atoms with van der Waals surface area (Å²) in [5.41, 5.74) is 0. The topological polar surface area (TPSA) is 80.9 Å². The molecule has 1 aliphatic rings. The van der Waals surface area contributed by atoms with Crippen molar-refractivity contribution < 1.29 is 24.6 Å². The number of hydrogen-bond donors (Lipinski definition) is 2. The number of ether oxygens (including phenoxy) is 1. The van der Waals surface area contributed by atoms with E-state index in [1.165, 1.54) is 12.1 Å². The van der Waals surface area contributed by atoms with Crippen LogP contribution in [0.3, 0.4) is 0 Å². The maximum atomic E-state index is 11.4. The summed E-state index contributed by atoms with van der Waals surface area (Å²) in [6.45, 7) is 1.22. The lowest BCUT2D eigenvalue weighted by molar-refractivity contribution is -0.146. The molecule has 1 aromatic rings. The fourth-order valence-electron chi connectivity index (χ4n) is 1.61. The molecule has 0 radical (unpaired) electrons. The van der Waals surface area contributed by atoms with Crippen LogP contribution in [0.4, 0.5) is 0 Å². The molecule has 0 aromatic carbocycles. The van der Waals surface area contributed by atoms with Crippen molar-refractivity contribution in [1.29, 1.82) is 0 Å². The number of carbonyl (C=O) groups excluding carboxylic acids is 1. The summed E-state index contributed by atoms with van der Waals surface area (Å²) in [6, 6.07) is 2.47. The Bertz CT molecular complexity index is 361. The largest absolute Gasteiger partial charge is 0.492 e. The van der Waals surface area contributed by atoms with Crippen LogP contribution in [-0.2, 0) is 9.53 Å². The van der Waals surface area contributed by atoms with E-state index < -0.39 is 5.97 Å². The molecule has 2 heterocycles. The summed E-state index contributed by atoms with van der Waals surface area (Å²) < 4.78 is 5.82. The Labute approximate surface area is 92.0 Å². The smallest absolute Gasteiger partial charge is 0.333 e. The Morgan fingerprint density at radius 3 is 2.75 bits per heavy atom. The number of aromatic nitrogens is 1. The predicted molar refractivity (Wildman–Crippen MR) is 52.9 cm³/mol. The lowest BCUT2D eigenvalue weighted by Crippen LogP contribution is -2.21. The molecule has 88 valence electrons. The van der Waals surface area contributed by atoms with Gasteiger partial charge < -0.3 is 19.8 Å². The van der Waals surface area contributed by atoms with E-state index in [9.17, 15) is 15.0 Å². The van der Waals surface area contributed by atoms with Gasteiger partial charge in [0.25, 0.3) is 0 Å². The molecule has 0 unspecified atom stereocenters. The van der Waals surface area contributed by atoms with Gasteiger partial charge in [0.05, 0.1) is 13.0 Å². The van der Waals surface area contributed by atoms with Crippen molar-refractivity contribution in [2.75, 3.05) is 13.2 Å². The highest BCUT2D eigenvalue weighted by atomic mass is 16.7. The minimum Gasteiger partial charge on any atom is -0.492 e. The maximum absolute atomic E-state index is 11.4. The van der Waals surface area contributed by atoms with E-state index in [0.29, 0.717) is 17.9 Å². The van der Waals surface area contributed by atoms with E-state index in [1.54, 1.807) is 0 Å². The van der Waals surface area contributed by atoms with Crippen molar-refractivity contribution in [2.45, 2.75) is 12.8 Å². The number of carbonyl (C=O) groups is 1. The minimum atomic E-state index is -0.502. The number of hydrogen-bond acceptors (Lipinski definition) is 5. The van der Waals surface area contributed by atoms with E-state index >= 15 is 0 Å². The molecule has 16 heavy (non-hydrogen) atoms. The number of rotatable bonds is 3. The molecular formula is C10H13NO5. The van der Waals surface area contributed by atoms with Crippen molar-refractivity contribution >= 4 is 5.97 Å². The van der Waals surface area contributed by atoms with Crippen LogP contribution in [0, 0.1) is 5.92 Å². The van der Waals surface area contributed by atoms with E-state index in [-0.39, 0.29) is 24.1 Å². The first kappa shape index (κ1) is 10.8. The van der Waals surface area contributed by atoms with Gasteiger partial charge in [-0.05, 0) is 12.3 Å². The van der Waals surface area contributed by atoms with Crippen LogP contribution in [0.2, 0.25) is 0 Å². The molecule has 1 fully saturated rings. The van der Waals surface area contributed by atoms with Crippen LogP contribution in [0.1, 0.15) is 12.8 Å². The quantitative estimate of drug-likeness (QED) is 0.775. The number of aromatic hydroxyl groups is 2. The van der Waals surface area contributed by atoms with Crippen molar-refractivity contribution in [2.24, 2.45) is 5.92 Å². The highest BCUT2D eigenvalue weighted by Crippen LogP contribution is 2.20. The van der Waals surface area contributed by atoms with Gasteiger partial charge in [0.2, 0.25) is 11.8 Å². The zero-order valence-corrected chi connectivity index (χ0v) is 8.63. The third-order valence-corrected chi connectivity index (χ3v) is 2.47. The van der Waals surface area contributed by atoms with E-state index in [2.05, 4.69) is 0 Å². The SMILES string of the molecule is O=C(C[C@@H]1CCOC1)On1c(O)ccc1O. The first-order valence-electron chi connectivity index (χ1n) is 5.05. The van der Waals surface area contributed by atoms with E-state index in [0.717, 1.165) is 6.42 Å². The second-order valence-corrected chi connectivity index (χ2v) is 3.74. The molecule has 1 atom stereocenters. The Morgan fingerprint density at radius 1 is 1.50 bits per heavy atom. The average molecular weight is 227 g/mol. The van der Waals surface area contributed by atoms with Crippen LogP contribution in [0.25, 0.3) is 0 Å². The molecule has 1 aromatic heterocycles. The summed E-state index contributed by atoms with van der Waals surface area (Å²) in [5.74, 6) is -0.966. The summed E-state index contributed by atoms with van der Waals surface area (Å²) in [7, 11) is 0. The third kappa shape index (κ3) is 2.27. The molecule has 0 spiro atoms. The molecule has 6 nitrogen and oxygen atoms in total. The summed E-state index contributed by atoms with van der Waals surface area (Å²) in [5, 5.41) is 18.5. The molecule has 0 amide bonds. The second kappa shape index (κ2) is 4.44. The number of nitrogens with zero attached hydrogens (tertiary/aromatic N) is 1. The highest BCUT2D eigenvalue weighted by Gasteiger charge is 2.21. The minimum absolute atomic E-state index is 0.160. The van der Waals surface area contributed by atoms with E-state index in [4.69, 9.17) is 9.57 Å². The monoisotopic (exact) mass is 227 g/mol. The highest BCUT2D eigenvalue weighted by molar-refractivity contribution is 5.70. The van der Waals surface area contributed by atoms with Gasteiger partial charge in [0, 0.05) is 18.7 Å². The van der Waals surface area contributed by atoms with Gasteiger partial charge >= 0.3 is 5.97 Å². The Kier molecular flexibility index (Phi) is 3.00. The van der Waals surface area contributed by atoms with Crippen LogP contribution < -0.4 is 4.84 Å². The first-order valence-corrected chi connectivity index (χ1v) is 5.05. The van der Waals surface area contributed by atoms with Crippen molar-refractivity contribution in [3.05, 3.63) is 12.1 Å². The lowest BCUT2D eigenvalue weighted by atomic mass is 10.1. The van der Waals surface area contributed by atoms with Crippen molar-refractivity contribution in [3.63, 3.8) is 0 Å². The molecule has 6 heteroatoms. The van der Waals surface area contributed by atoms with Gasteiger partial charge in [0.15, 0.2) is 0 Å². The van der Waals surface area contributed by atoms with Gasteiger partial charge in [-0.25, -0.2) is 4.79 Å². The lowest BCUT2D eigenvalue weighted by Gasteiger charge is -2.09. The van der Waals surface area contributed by atoms with Crippen molar-refractivity contribution in [3.8, 4) is 11.8 Å². The zero-order chi connectivity index (χ0) is 11.5. The molecular weight excluding hydrogens is 214 g/mol.